The number of aromatic nitrogens is 1. The van der Waals surface area contributed by atoms with Crippen molar-refractivity contribution in [2.75, 3.05) is 0 Å². The van der Waals surface area contributed by atoms with E-state index in [0.717, 1.165) is 16.5 Å². The van der Waals surface area contributed by atoms with Crippen molar-refractivity contribution in [1.82, 2.24) is 4.57 Å². The summed E-state index contributed by atoms with van der Waals surface area (Å²) >= 11 is 5.99. The minimum absolute atomic E-state index is 0.0766. The highest BCUT2D eigenvalue weighted by atomic mass is 35.5. The van der Waals surface area contributed by atoms with Crippen LogP contribution < -0.4 is 0 Å². The Morgan fingerprint density at radius 1 is 1.24 bits per heavy atom. The molecule has 0 spiro atoms. The van der Waals surface area contributed by atoms with Gasteiger partial charge in [-0.15, -0.1) is 0 Å². The lowest BCUT2D eigenvalue weighted by Gasteiger charge is -2.04. The van der Waals surface area contributed by atoms with E-state index in [1.165, 1.54) is 18.2 Å². The largest absolute Gasteiger partial charge is 0.350 e. The number of carbonyl (C=O) groups is 1. The number of benzene rings is 2. The van der Waals surface area contributed by atoms with Crippen LogP contribution in [0.25, 0.3) is 10.9 Å². The third kappa shape index (κ3) is 2.24. The highest BCUT2D eigenvalue weighted by Gasteiger charge is 2.21. The molecule has 3 rings (SSSR count). The number of carbonyl (C=O) groups excluding carboxylic acids is 1. The minimum atomic E-state index is -0.600. The zero-order valence-corrected chi connectivity index (χ0v) is 12.4. The Hall–Kier alpha value is -2.13. The van der Waals surface area contributed by atoms with E-state index >= 15 is 0 Å². The Bertz CT molecular complexity index is 846. The first-order chi connectivity index (χ1) is 9.99. The molecule has 4 heteroatoms. The van der Waals surface area contributed by atoms with Crippen LogP contribution in [0.4, 0.5) is 4.39 Å². The molecular weight excluding hydrogens is 289 g/mol. The van der Waals surface area contributed by atoms with Crippen molar-refractivity contribution in [2.45, 2.75) is 6.92 Å². The molecule has 0 aliphatic rings. The number of aryl methyl sites for hydroxylation is 2. The van der Waals surface area contributed by atoms with Gasteiger partial charge in [0.2, 0.25) is 0 Å². The average molecular weight is 302 g/mol. The maximum absolute atomic E-state index is 13.9. The molecular formula is C17H13ClFNO. The van der Waals surface area contributed by atoms with Gasteiger partial charge in [0.25, 0.3) is 0 Å². The van der Waals surface area contributed by atoms with Gasteiger partial charge < -0.3 is 4.57 Å². The van der Waals surface area contributed by atoms with E-state index in [4.69, 9.17) is 11.6 Å². The molecule has 0 bridgehead atoms. The smallest absolute Gasteiger partial charge is 0.199 e. The second-order valence-electron chi connectivity index (χ2n) is 5.10. The van der Waals surface area contributed by atoms with Gasteiger partial charge in [-0.3, -0.25) is 4.79 Å². The van der Waals surface area contributed by atoms with Crippen LogP contribution in [0.1, 0.15) is 21.5 Å². The van der Waals surface area contributed by atoms with E-state index in [-0.39, 0.29) is 10.6 Å². The molecule has 21 heavy (non-hydrogen) atoms. The van der Waals surface area contributed by atoms with Crippen LogP contribution in [-0.4, -0.2) is 10.4 Å². The van der Waals surface area contributed by atoms with Gasteiger partial charge in [-0.1, -0.05) is 29.8 Å². The lowest BCUT2D eigenvalue weighted by Crippen LogP contribution is -2.04. The van der Waals surface area contributed by atoms with Crippen molar-refractivity contribution in [3.63, 3.8) is 0 Å². The fourth-order valence-corrected chi connectivity index (χ4v) is 2.77. The van der Waals surface area contributed by atoms with Crippen LogP contribution in [0.3, 0.4) is 0 Å². The lowest BCUT2D eigenvalue weighted by atomic mass is 10.0. The van der Waals surface area contributed by atoms with Gasteiger partial charge >= 0.3 is 0 Å². The SMILES string of the molecule is Cc1ccc2c(C(=O)c3c(F)cccc3Cl)cn(C)c2c1. The van der Waals surface area contributed by atoms with Crippen molar-refractivity contribution in [1.29, 1.82) is 0 Å². The molecule has 0 saturated carbocycles. The maximum Gasteiger partial charge on any atom is 0.199 e. The molecule has 0 aliphatic carbocycles. The second-order valence-corrected chi connectivity index (χ2v) is 5.51. The number of halogens is 2. The van der Waals surface area contributed by atoms with Crippen LogP contribution in [0.2, 0.25) is 5.02 Å². The number of hydrogen-bond acceptors (Lipinski definition) is 1. The van der Waals surface area contributed by atoms with Crippen LogP contribution in [0, 0.1) is 12.7 Å². The van der Waals surface area contributed by atoms with Crippen LogP contribution in [0.5, 0.6) is 0 Å². The number of rotatable bonds is 2. The molecule has 0 radical (unpaired) electrons. The zero-order valence-electron chi connectivity index (χ0n) is 11.7. The summed E-state index contributed by atoms with van der Waals surface area (Å²) < 4.78 is 15.8. The Morgan fingerprint density at radius 3 is 2.71 bits per heavy atom. The number of ketones is 1. The predicted octanol–water partition coefficient (Wildman–Crippen LogP) is 4.51. The Morgan fingerprint density at radius 2 is 2.00 bits per heavy atom. The van der Waals surface area contributed by atoms with Crippen LogP contribution in [-0.2, 0) is 7.05 Å². The fraction of sp³-hybridized carbons (Fsp3) is 0.118. The molecule has 0 unspecified atom stereocenters. The minimum Gasteiger partial charge on any atom is -0.350 e. The van der Waals surface area contributed by atoms with E-state index < -0.39 is 11.6 Å². The van der Waals surface area contributed by atoms with Gasteiger partial charge in [0, 0.05) is 29.7 Å². The zero-order chi connectivity index (χ0) is 15.1. The van der Waals surface area contributed by atoms with Crippen molar-refractivity contribution >= 4 is 28.3 Å². The quantitative estimate of drug-likeness (QED) is 0.638. The highest BCUT2D eigenvalue weighted by molar-refractivity contribution is 6.35. The maximum atomic E-state index is 13.9. The average Bonchev–Trinajstić information content (AvgIpc) is 2.75. The summed E-state index contributed by atoms with van der Waals surface area (Å²) in [5.74, 6) is -0.996. The fourth-order valence-electron chi connectivity index (χ4n) is 2.52. The number of fused-ring (bicyclic) bond motifs is 1. The van der Waals surface area contributed by atoms with Crippen LogP contribution >= 0.6 is 11.6 Å². The first-order valence-electron chi connectivity index (χ1n) is 6.53. The van der Waals surface area contributed by atoms with Crippen molar-refractivity contribution in [2.24, 2.45) is 7.05 Å². The third-order valence-corrected chi connectivity index (χ3v) is 3.90. The molecule has 1 heterocycles. The summed E-state index contributed by atoms with van der Waals surface area (Å²) in [6.45, 7) is 1.99. The van der Waals surface area contributed by atoms with E-state index in [2.05, 4.69) is 0 Å². The van der Waals surface area contributed by atoms with E-state index in [1.807, 2.05) is 36.7 Å². The second kappa shape index (κ2) is 5.01. The summed E-state index contributed by atoms with van der Waals surface area (Å²) in [6, 6.07) is 10.1. The molecule has 3 aromatic rings. The molecule has 0 fully saturated rings. The molecule has 2 aromatic carbocycles. The molecule has 2 nitrogen and oxygen atoms in total. The van der Waals surface area contributed by atoms with Gasteiger partial charge in [0.15, 0.2) is 5.78 Å². The van der Waals surface area contributed by atoms with E-state index in [1.54, 1.807) is 6.20 Å². The van der Waals surface area contributed by atoms with Gasteiger partial charge in [-0.2, -0.15) is 0 Å². The standard InChI is InChI=1S/C17H13ClFNO/c1-10-6-7-11-12(9-20(2)15(11)8-10)17(21)16-13(18)4-3-5-14(16)19/h3-9H,1-2H3. The van der Waals surface area contributed by atoms with Crippen LogP contribution in [0.15, 0.2) is 42.6 Å². The van der Waals surface area contributed by atoms with E-state index in [9.17, 15) is 9.18 Å². The van der Waals surface area contributed by atoms with Crippen molar-refractivity contribution in [3.05, 3.63) is 70.1 Å². The summed E-state index contributed by atoms with van der Waals surface area (Å²) in [6.07, 6.45) is 1.72. The first kappa shape index (κ1) is 13.8. The number of nitrogens with zero attached hydrogens (tertiary/aromatic N) is 1. The first-order valence-corrected chi connectivity index (χ1v) is 6.91. The molecule has 106 valence electrons. The normalized spacial score (nSPS) is 11.0. The topological polar surface area (TPSA) is 22.0 Å². The predicted molar refractivity (Wildman–Crippen MR) is 82.5 cm³/mol. The lowest BCUT2D eigenvalue weighted by molar-refractivity contribution is 0.103. The third-order valence-electron chi connectivity index (χ3n) is 3.58. The van der Waals surface area contributed by atoms with Gasteiger partial charge in [-0.25, -0.2) is 4.39 Å². The van der Waals surface area contributed by atoms with Gasteiger partial charge in [0.1, 0.15) is 5.82 Å². The summed E-state index contributed by atoms with van der Waals surface area (Å²) in [7, 11) is 1.86. The Labute approximate surface area is 126 Å². The molecule has 0 saturated heterocycles. The van der Waals surface area contributed by atoms with E-state index in [0.29, 0.717) is 5.56 Å². The Balaban J connectivity index is 2.24. The molecule has 1 aromatic heterocycles. The number of hydrogen-bond donors (Lipinski definition) is 0. The monoisotopic (exact) mass is 301 g/mol. The van der Waals surface area contributed by atoms with Gasteiger partial charge in [-0.05, 0) is 30.7 Å². The molecule has 0 aliphatic heterocycles. The van der Waals surface area contributed by atoms with Crippen molar-refractivity contribution in [3.8, 4) is 0 Å². The molecule has 0 amide bonds. The van der Waals surface area contributed by atoms with Crippen molar-refractivity contribution < 1.29 is 9.18 Å². The Kier molecular flexibility index (Phi) is 3.30. The summed E-state index contributed by atoms with van der Waals surface area (Å²) in [4.78, 5) is 12.7. The van der Waals surface area contributed by atoms with Gasteiger partial charge in [0.05, 0.1) is 10.6 Å². The summed E-state index contributed by atoms with van der Waals surface area (Å²) in [5.41, 5.74) is 2.42. The highest BCUT2D eigenvalue weighted by Crippen LogP contribution is 2.28. The molecule has 0 N–H and O–H groups in total. The summed E-state index contributed by atoms with van der Waals surface area (Å²) in [5, 5.41) is 0.927. The molecule has 0 atom stereocenters.